The van der Waals surface area contributed by atoms with Gasteiger partial charge in [-0.15, -0.1) is 12.3 Å². The van der Waals surface area contributed by atoms with E-state index in [1.54, 1.807) is 4.90 Å². The average Bonchev–Trinajstić information content (AvgIpc) is 2.43. The number of fused-ring (bicyclic) bond motifs is 1. The lowest BCUT2D eigenvalue weighted by Crippen LogP contribution is -2.40. The molecule has 0 spiro atoms. The molecule has 1 atom stereocenters. The first-order valence-corrected chi connectivity index (χ1v) is 6.15. The molecule has 0 radical (unpaired) electrons. The molecule has 0 fully saturated rings. The van der Waals surface area contributed by atoms with E-state index in [-0.39, 0.29) is 18.9 Å². The first kappa shape index (κ1) is 13.2. The number of carboxylic acid groups (broad SMARTS) is 1. The van der Waals surface area contributed by atoms with Crippen molar-refractivity contribution in [2.45, 2.75) is 25.3 Å². The van der Waals surface area contributed by atoms with E-state index in [1.807, 2.05) is 24.3 Å². The molecule has 0 saturated carbocycles. The van der Waals surface area contributed by atoms with E-state index in [0.29, 0.717) is 13.0 Å². The maximum absolute atomic E-state index is 12.0. The van der Waals surface area contributed by atoms with Crippen LogP contribution in [0.15, 0.2) is 24.3 Å². The van der Waals surface area contributed by atoms with Crippen molar-refractivity contribution in [3.05, 3.63) is 35.4 Å². The van der Waals surface area contributed by atoms with Gasteiger partial charge in [-0.3, -0.25) is 9.59 Å². The van der Waals surface area contributed by atoms with Gasteiger partial charge in [0.15, 0.2) is 0 Å². The van der Waals surface area contributed by atoms with Crippen LogP contribution in [-0.4, -0.2) is 28.4 Å². The third-order valence-electron chi connectivity index (χ3n) is 3.33. The number of nitrogens with zero attached hydrogens (tertiary/aromatic N) is 1. The number of carbonyl (C=O) groups excluding carboxylic acids is 1. The van der Waals surface area contributed by atoms with Gasteiger partial charge >= 0.3 is 5.97 Å². The first-order chi connectivity index (χ1) is 9.13. The van der Waals surface area contributed by atoms with Gasteiger partial charge in [0.25, 0.3) is 0 Å². The minimum absolute atomic E-state index is 0.0845. The van der Waals surface area contributed by atoms with Crippen molar-refractivity contribution < 1.29 is 14.7 Å². The van der Waals surface area contributed by atoms with Gasteiger partial charge in [0.05, 0.1) is 5.92 Å². The molecule has 19 heavy (non-hydrogen) atoms. The molecule has 0 saturated heterocycles. The number of rotatable bonds is 3. The van der Waals surface area contributed by atoms with Crippen LogP contribution >= 0.6 is 0 Å². The molecule has 1 heterocycles. The number of carboxylic acids is 1. The molecule has 4 heteroatoms. The van der Waals surface area contributed by atoms with Crippen LogP contribution in [0.2, 0.25) is 0 Å². The van der Waals surface area contributed by atoms with E-state index in [0.717, 1.165) is 11.1 Å². The Morgan fingerprint density at radius 1 is 1.42 bits per heavy atom. The molecule has 1 unspecified atom stereocenters. The zero-order valence-electron chi connectivity index (χ0n) is 10.5. The zero-order chi connectivity index (χ0) is 13.8. The summed E-state index contributed by atoms with van der Waals surface area (Å²) in [5.41, 5.74) is 1.70. The number of terminal acetylenes is 1. The number of amides is 1. The van der Waals surface area contributed by atoms with Crippen LogP contribution in [-0.2, 0) is 16.1 Å². The lowest BCUT2D eigenvalue weighted by atomic mass is 9.89. The molecule has 0 aromatic heterocycles. The van der Waals surface area contributed by atoms with Crippen LogP contribution in [0.4, 0.5) is 0 Å². The fourth-order valence-corrected chi connectivity index (χ4v) is 2.35. The SMILES string of the molecule is C#CCCC(=O)N1Cc2ccccc2C(C(=O)O)C1. The smallest absolute Gasteiger partial charge is 0.312 e. The molecule has 0 aliphatic carbocycles. The third-order valence-corrected chi connectivity index (χ3v) is 3.33. The van der Waals surface area contributed by atoms with Crippen molar-refractivity contribution in [3.8, 4) is 12.3 Å². The highest BCUT2D eigenvalue weighted by Gasteiger charge is 2.31. The van der Waals surface area contributed by atoms with Crippen molar-refractivity contribution in [2.24, 2.45) is 0 Å². The largest absolute Gasteiger partial charge is 0.481 e. The first-order valence-electron chi connectivity index (χ1n) is 6.15. The second-order valence-corrected chi connectivity index (χ2v) is 4.57. The van der Waals surface area contributed by atoms with Crippen LogP contribution in [0.3, 0.4) is 0 Å². The van der Waals surface area contributed by atoms with Gasteiger partial charge in [-0.05, 0) is 11.1 Å². The minimum atomic E-state index is -0.901. The minimum Gasteiger partial charge on any atom is -0.481 e. The number of hydrogen-bond donors (Lipinski definition) is 1. The predicted octanol–water partition coefficient (Wildman–Crippen LogP) is 1.61. The monoisotopic (exact) mass is 257 g/mol. The Morgan fingerprint density at radius 2 is 2.16 bits per heavy atom. The number of carbonyl (C=O) groups is 2. The summed E-state index contributed by atoms with van der Waals surface area (Å²) >= 11 is 0. The van der Waals surface area contributed by atoms with Gasteiger partial charge in [0, 0.05) is 25.9 Å². The molecule has 1 aromatic rings. The van der Waals surface area contributed by atoms with Crippen LogP contribution in [0.1, 0.15) is 29.9 Å². The van der Waals surface area contributed by atoms with E-state index in [1.165, 1.54) is 0 Å². The highest BCUT2D eigenvalue weighted by atomic mass is 16.4. The van der Waals surface area contributed by atoms with E-state index in [2.05, 4.69) is 5.92 Å². The van der Waals surface area contributed by atoms with Crippen molar-refractivity contribution in [3.63, 3.8) is 0 Å². The van der Waals surface area contributed by atoms with Crippen LogP contribution in [0, 0.1) is 12.3 Å². The van der Waals surface area contributed by atoms with Gasteiger partial charge < -0.3 is 10.0 Å². The molecule has 1 aromatic carbocycles. The van der Waals surface area contributed by atoms with Gasteiger partial charge in [0.2, 0.25) is 5.91 Å². The second kappa shape index (κ2) is 5.57. The fourth-order valence-electron chi connectivity index (χ4n) is 2.35. The lowest BCUT2D eigenvalue weighted by molar-refractivity contribution is -0.141. The van der Waals surface area contributed by atoms with Crippen LogP contribution < -0.4 is 0 Å². The molecule has 0 bridgehead atoms. The van der Waals surface area contributed by atoms with Gasteiger partial charge in [0.1, 0.15) is 0 Å². The van der Waals surface area contributed by atoms with E-state index in [9.17, 15) is 14.7 Å². The normalized spacial score (nSPS) is 17.4. The van der Waals surface area contributed by atoms with Crippen molar-refractivity contribution in [2.75, 3.05) is 6.54 Å². The van der Waals surface area contributed by atoms with Crippen molar-refractivity contribution >= 4 is 11.9 Å². The summed E-state index contributed by atoms with van der Waals surface area (Å²) in [7, 11) is 0. The van der Waals surface area contributed by atoms with Crippen molar-refractivity contribution in [1.29, 1.82) is 0 Å². The van der Waals surface area contributed by atoms with E-state index >= 15 is 0 Å². The summed E-state index contributed by atoms with van der Waals surface area (Å²) < 4.78 is 0. The fraction of sp³-hybridized carbons (Fsp3) is 0.333. The number of hydrogen-bond acceptors (Lipinski definition) is 2. The predicted molar refractivity (Wildman–Crippen MR) is 70.3 cm³/mol. The van der Waals surface area contributed by atoms with Gasteiger partial charge in [-0.25, -0.2) is 0 Å². The number of benzene rings is 1. The molecule has 98 valence electrons. The quantitative estimate of drug-likeness (QED) is 0.837. The molecular weight excluding hydrogens is 242 g/mol. The second-order valence-electron chi connectivity index (χ2n) is 4.57. The maximum atomic E-state index is 12.0. The molecule has 1 aliphatic heterocycles. The Kier molecular flexibility index (Phi) is 3.86. The standard InChI is InChI=1S/C15H15NO3/c1-2-3-8-14(17)16-9-11-6-4-5-7-12(11)13(10-16)15(18)19/h1,4-7,13H,3,8-10H2,(H,18,19). The Bertz CT molecular complexity index is 545. The topological polar surface area (TPSA) is 57.6 Å². The Morgan fingerprint density at radius 3 is 2.84 bits per heavy atom. The third kappa shape index (κ3) is 2.76. The highest BCUT2D eigenvalue weighted by molar-refractivity contribution is 5.81. The zero-order valence-corrected chi connectivity index (χ0v) is 10.5. The van der Waals surface area contributed by atoms with Gasteiger partial charge in [-0.1, -0.05) is 24.3 Å². The number of aliphatic carboxylic acids is 1. The van der Waals surface area contributed by atoms with E-state index in [4.69, 9.17) is 6.42 Å². The Balaban J connectivity index is 2.23. The maximum Gasteiger partial charge on any atom is 0.312 e. The highest BCUT2D eigenvalue weighted by Crippen LogP contribution is 2.28. The molecule has 1 N–H and O–H groups in total. The molecule has 1 amide bonds. The molecular formula is C15H15NO3. The summed E-state index contributed by atoms with van der Waals surface area (Å²) in [6.07, 6.45) is 5.80. The lowest BCUT2D eigenvalue weighted by Gasteiger charge is -2.32. The Labute approximate surface area is 112 Å². The van der Waals surface area contributed by atoms with Gasteiger partial charge in [-0.2, -0.15) is 0 Å². The van der Waals surface area contributed by atoms with Crippen LogP contribution in [0.25, 0.3) is 0 Å². The summed E-state index contributed by atoms with van der Waals surface area (Å²) in [5.74, 6) is 0.788. The summed E-state index contributed by atoms with van der Waals surface area (Å²) in [6.45, 7) is 0.680. The molecule has 4 nitrogen and oxygen atoms in total. The molecule has 2 rings (SSSR count). The van der Waals surface area contributed by atoms with E-state index < -0.39 is 11.9 Å². The summed E-state index contributed by atoms with van der Waals surface area (Å²) in [6, 6.07) is 7.36. The van der Waals surface area contributed by atoms with Crippen LogP contribution in [0.5, 0.6) is 0 Å². The summed E-state index contributed by atoms with van der Waals surface area (Å²) in [4.78, 5) is 24.9. The molecule has 1 aliphatic rings. The summed E-state index contributed by atoms with van der Waals surface area (Å²) in [5, 5.41) is 9.29. The van der Waals surface area contributed by atoms with Crippen molar-refractivity contribution in [1.82, 2.24) is 4.90 Å². The Hall–Kier alpha value is -2.28. The average molecular weight is 257 g/mol.